The van der Waals surface area contributed by atoms with E-state index in [1.165, 1.54) is 31.4 Å². The van der Waals surface area contributed by atoms with Gasteiger partial charge in [0.05, 0.1) is 12.8 Å². The lowest BCUT2D eigenvalue weighted by atomic mass is 10.2. The summed E-state index contributed by atoms with van der Waals surface area (Å²) in [6.45, 7) is -4.50. The molecule has 2 amide bonds. The summed E-state index contributed by atoms with van der Waals surface area (Å²) in [5, 5.41) is 4.94. The molecule has 0 heterocycles. The van der Waals surface area contributed by atoms with Crippen molar-refractivity contribution in [2.75, 3.05) is 12.4 Å². The molecule has 0 unspecified atom stereocenters. The molecule has 0 aliphatic carbocycles. The van der Waals surface area contributed by atoms with Crippen molar-refractivity contribution in [1.29, 1.82) is 0 Å². The maximum Gasteiger partial charge on any atom is 0.387 e. The van der Waals surface area contributed by atoms with Crippen LogP contribution in [0.4, 0.5) is 28.0 Å². The summed E-state index contributed by atoms with van der Waals surface area (Å²) >= 11 is 0. The maximum atomic E-state index is 12.5. The van der Waals surface area contributed by atoms with E-state index < -0.39 is 19.3 Å². The van der Waals surface area contributed by atoms with Gasteiger partial charge in [0.1, 0.15) is 5.75 Å². The van der Waals surface area contributed by atoms with Gasteiger partial charge >= 0.3 is 19.3 Å². The molecule has 28 heavy (non-hydrogen) atoms. The number of benzene rings is 2. The number of rotatable bonds is 8. The molecule has 2 N–H and O–H groups in total. The summed E-state index contributed by atoms with van der Waals surface area (Å²) in [5.41, 5.74) is 1.07. The van der Waals surface area contributed by atoms with Gasteiger partial charge in [-0.25, -0.2) is 4.79 Å². The standard InChI is InChI=1S/C18H18F4N2O4/c1-10-4-3-5-13(27-16(19)20)15(10)24-18(25)23-9-11-6-7-12(26-2)14(8-11)28-17(21)22/h3-8,16-17H,9H2,1-2H3,(H2,23,24,25). The van der Waals surface area contributed by atoms with E-state index >= 15 is 0 Å². The van der Waals surface area contributed by atoms with Crippen molar-refractivity contribution in [2.24, 2.45) is 0 Å². The first-order chi connectivity index (χ1) is 13.3. The summed E-state index contributed by atoms with van der Waals surface area (Å²) in [4.78, 5) is 12.1. The number of aryl methyl sites for hydroxylation is 1. The van der Waals surface area contributed by atoms with E-state index in [0.717, 1.165) is 0 Å². The highest BCUT2D eigenvalue weighted by Gasteiger charge is 2.15. The first-order valence-electron chi connectivity index (χ1n) is 8.01. The summed E-state index contributed by atoms with van der Waals surface area (Å²) < 4.78 is 63.6. The first kappa shape index (κ1) is 21.1. The van der Waals surface area contributed by atoms with Gasteiger partial charge in [-0.2, -0.15) is 17.6 Å². The zero-order chi connectivity index (χ0) is 20.7. The van der Waals surface area contributed by atoms with Crippen molar-refractivity contribution in [3.63, 3.8) is 0 Å². The summed E-state index contributed by atoms with van der Waals surface area (Å²) in [5.74, 6) is -0.242. The fourth-order valence-corrected chi connectivity index (χ4v) is 2.35. The predicted molar refractivity (Wildman–Crippen MR) is 93.3 cm³/mol. The van der Waals surface area contributed by atoms with Gasteiger partial charge in [0, 0.05) is 6.54 Å². The van der Waals surface area contributed by atoms with Crippen LogP contribution in [-0.2, 0) is 6.54 Å². The van der Waals surface area contributed by atoms with Crippen LogP contribution in [0.15, 0.2) is 36.4 Å². The van der Waals surface area contributed by atoms with E-state index in [4.69, 9.17) is 4.74 Å². The van der Waals surface area contributed by atoms with E-state index in [1.807, 2.05) is 0 Å². The van der Waals surface area contributed by atoms with Crippen molar-refractivity contribution in [3.8, 4) is 17.2 Å². The summed E-state index contributed by atoms with van der Waals surface area (Å²) in [6, 6.07) is 8.00. The third kappa shape index (κ3) is 5.93. The Kier molecular flexibility index (Phi) is 7.30. The second-order valence-electron chi connectivity index (χ2n) is 5.50. The number of hydrogen-bond donors (Lipinski definition) is 2. The van der Waals surface area contributed by atoms with E-state index in [0.29, 0.717) is 11.1 Å². The molecular weight excluding hydrogens is 384 g/mol. The van der Waals surface area contributed by atoms with Crippen molar-refractivity contribution in [3.05, 3.63) is 47.5 Å². The van der Waals surface area contributed by atoms with Crippen LogP contribution in [0.25, 0.3) is 0 Å². The lowest BCUT2D eigenvalue weighted by molar-refractivity contribution is -0.0514. The number of anilines is 1. The van der Waals surface area contributed by atoms with Gasteiger partial charge in [-0.1, -0.05) is 18.2 Å². The second kappa shape index (κ2) is 9.67. The minimum atomic E-state index is -3.04. The normalized spacial score (nSPS) is 10.7. The molecule has 2 aromatic rings. The van der Waals surface area contributed by atoms with Gasteiger partial charge in [0.15, 0.2) is 11.5 Å². The Labute approximate surface area is 158 Å². The topological polar surface area (TPSA) is 68.8 Å². The minimum absolute atomic E-state index is 0.0354. The molecule has 0 spiro atoms. The van der Waals surface area contributed by atoms with Crippen LogP contribution in [0.3, 0.4) is 0 Å². The molecule has 10 heteroatoms. The van der Waals surface area contributed by atoms with Gasteiger partial charge in [-0.15, -0.1) is 0 Å². The van der Waals surface area contributed by atoms with Crippen LogP contribution < -0.4 is 24.8 Å². The quantitative estimate of drug-likeness (QED) is 0.637. The Hall–Kier alpha value is -3.17. The molecule has 0 bridgehead atoms. The van der Waals surface area contributed by atoms with Crippen molar-refractivity contribution < 1.29 is 36.6 Å². The molecule has 0 saturated carbocycles. The summed E-state index contributed by atoms with van der Waals surface area (Å²) in [7, 11) is 1.31. The van der Waals surface area contributed by atoms with E-state index in [9.17, 15) is 22.4 Å². The molecule has 0 aromatic heterocycles. The highest BCUT2D eigenvalue weighted by molar-refractivity contribution is 5.91. The molecule has 0 fully saturated rings. The van der Waals surface area contributed by atoms with Crippen LogP contribution in [-0.4, -0.2) is 26.4 Å². The molecule has 2 aromatic carbocycles. The first-order valence-corrected chi connectivity index (χ1v) is 8.01. The number of nitrogens with one attached hydrogen (secondary N) is 2. The monoisotopic (exact) mass is 402 g/mol. The molecule has 6 nitrogen and oxygen atoms in total. The number of urea groups is 1. The average molecular weight is 402 g/mol. The lowest BCUT2D eigenvalue weighted by Crippen LogP contribution is -2.28. The van der Waals surface area contributed by atoms with Crippen LogP contribution >= 0.6 is 0 Å². The molecular formula is C18H18F4N2O4. The van der Waals surface area contributed by atoms with Crippen LogP contribution in [0.1, 0.15) is 11.1 Å². The van der Waals surface area contributed by atoms with Gasteiger partial charge in [-0.3, -0.25) is 0 Å². The number of alkyl halides is 4. The van der Waals surface area contributed by atoms with Crippen molar-refractivity contribution >= 4 is 11.7 Å². The highest BCUT2D eigenvalue weighted by atomic mass is 19.3. The van der Waals surface area contributed by atoms with E-state index in [1.54, 1.807) is 19.1 Å². The van der Waals surface area contributed by atoms with Crippen LogP contribution in [0, 0.1) is 6.92 Å². The lowest BCUT2D eigenvalue weighted by Gasteiger charge is -2.15. The molecule has 0 aliphatic heterocycles. The van der Waals surface area contributed by atoms with Crippen molar-refractivity contribution in [2.45, 2.75) is 26.7 Å². The fraction of sp³-hybridized carbons (Fsp3) is 0.278. The van der Waals surface area contributed by atoms with Gasteiger partial charge in [0.25, 0.3) is 0 Å². The third-order valence-electron chi connectivity index (χ3n) is 3.59. The number of halogens is 4. The van der Waals surface area contributed by atoms with Crippen LogP contribution in [0.5, 0.6) is 17.2 Å². The molecule has 0 atom stereocenters. The SMILES string of the molecule is COc1ccc(CNC(=O)Nc2c(C)cccc2OC(F)F)cc1OC(F)F. The number of carbonyl (C=O) groups excluding carboxylic acids is 1. The average Bonchev–Trinajstić information content (AvgIpc) is 2.62. The van der Waals surface area contributed by atoms with Crippen LogP contribution in [0.2, 0.25) is 0 Å². The molecule has 0 aliphatic rings. The molecule has 0 saturated heterocycles. The van der Waals surface area contributed by atoms with E-state index in [-0.39, 0.29) is 29.5 Å². The van der Waals surface area contributed by atoms with Crippen molar-refractivity contribution in [1.82, 2.24) is 5.32 Å². The van der Waals surface area contributed by atoms with Gasteiger partial charge in [0.2, 0.25) is 0 Å². The van der Waals surface area contributed by atoms with E-state index in [2.05, 4.69) is 20.1 Å². The smallest absolute Gasteiger partial charge is 0.387 e. The zero-order valence-corrected chi connectivity index (χ0v) is 15.0. The number of carbonyl (C=O) groups is 1. The molecule has 0 radical (unpaired) electrons. The minimum Gasteiger partial charge on any atom is -0.493 e. The predicted octanol–water partition coefficient (Wildman–Crippen LogP) is 4.53. The Balaban J connectivity index is 2.05. The second-order valence-corrected chi connectivity index (χ2v) is 5.50. The number of ether oxygens (including phenoxy) is 3. The fourth-order valence-electron chi connectivity index (χ4n) is 2.35. The number of hydrogen-bond acceptors (Lipinski definition) is 4. The summed E-state index contributed by atoms with van der Waals surface area (Å²) in [6.07, 6.45) is 0. The van der Waals surface area contributed by atoms with Gasteiger partial charge < -0.3 is 24.8 Å². The molecule has 152 valence electrons. The Morgan fingerprint density at radius 3 is 2.32 bits per heavy atom. The zero-order valence-electron chi connectivity index (χ0n) is 15.0. The maximum absolute atomic E-state index is 12.5. The Morgan fingerprint density at radius 2 is 1.68 bits per heavy atom. The Bertz CT molecular complexity index is 818. The highest BCUT2D eigenvalue weighted by Crippen LogP contribution is 2.30. The largest absolute Gasteiger partial charge is 0.493 e. The Morgan fingerprint density at radius 1 is 1.00 bits per heavy atom. The number of para-hydroxylation sites is 1. The molecule has 2 rings (SSSR count). The third-order valence-corrected chi connectivity index (χ3v) is 3.59. The number of amides is 2. The van der Waals surface area contributed by atoms with Gasteiger partial charge in [-0.05, 0) is 36.2 Å². The number of methoxy groups -OCH3 is 1.